The molecule has 0 radical (unpaired) electrons. The largest absolute Gasteiger partial charge is 0.497 e. The van der Waals surface area contributed by atoms with Gasteiger partial charge in [0.05, 0.1) is 23.6 Å². The third-order valence-electron chi connectivity index (χ3n) is 5.83. The maximum Gasteiger partial charge on any atom is 0.175 e. The van der Waals surface area contributed by atoms with Crippen LogP contribution in [0.4, 0.5) is 5.82 Å². The lowest BCUT2D eigenvalue weighted by atomic mass is 10.0. The Hall–Kier alpha value is -2.71. The van der Waals surface area contributed by atoms with Gasteiger partial charge in [-0.2, -0.15) is 0 Å². The standard InChI is InChI=1S/C23H28N4O3S/c1-30-18-8-6-17(7-9-18)22(27-12-4-3-5-13-27)15-24-23-20-14-19(31(2,28)29)10-11-21(20)25-16-26-23/h6-11,14,16,22H,3-5,12-13,15H2,1-2H3,(H,24,25,26). The first-order valence-electron chi connectivity index (χ1n) is 10.5. The van der Waals surface area contributed by atoms with Crippen molar-refractivity contribution in [2.24, 2.45) is 0 Å². The van der Waals surface area contributed by atoms with Gasteiger partial charge in [-0.15, -0.1) is 0 Å². The number of nitrogens with one attached hydrogen (secondary N) is 1. The minimum atomic E-state index is -3.31. The van der Waals surface area contributed by atoms with E-state index in [1.807, 2.05) is 12.1 Å². The van der Waals surface area contributed by atoms with Gasteiger partial charge in [0, 0.05) is 18.2 Å². The summed E-state index contributed by atoms with van der Waals surface area (Å²) in [6.07, 6.45) is 6.38. The average molecular weight is 441 g/mol. The van der Waals surface area contributed by atoms with Crippen molar-refractivity contribution in [2.75, 3.05) is 38.3 Å². The molecule has 1 aliphatic heterocycles. The average Bonchev–Trinajstić information content (AvgIpc) is 2.79. The number of ether oxygens (including phenoxy) is 1. The lowest BCUT2D eigenvalue weighted by Crippen LogP contribution is -2.37. The quantitative estimate of drug-likeness (QED) is 0.600. The maximum absolute atomic E-state index is 12.0. The van der Waals surface area contributed by atoms with Crippen LogP contribution in [0.25, 0.3) is 10.9 Å². The van der Waals surface area contributed by atoms with Gasteiger partial charge in [-0.1, -0.05) is 18.6 Å². The van der Waals surface area contributed by atoms with E-state index in [9.17, 15) is 8.42 Å². The van der Waals surface area contributed by atoms with E-state index in [2.05, 4.69) is 32.3 Å². The molecule has 1 N–H and O–H groups in total. The zero-order valence-corrected chi connectivity index (χ0v) is 18.7. The molecule has 7 nitrogen and oxygen atoms in total. The Morgan fingerprint density at radius 2 is 1.81 bits per heavy atom. The van der Waals surface area contributed by atoms with Crippen molar-refractivity contribution >= 4 is 26.6 Å². The zero-order valence-electron chi connectivity index (χ0n) is 17.9. The summed E-state index contributed by atoms with van der Waals surface area (Å²) >= 11 is 0. The van der Waals surface area contributed by atoms with Crippen molar-refractivity contribution in [2.45, 2.75) is 30.2 Å². The third kappa shape index (κ3) is 4.97. The molecule has 2 aromatic carbocycles. The van der Waals surface area contributed by atoms with Crippen LogP contribution >= 0.6 is 0 Å². The van der Waals surface area contributed by atoms with E-state index >= 15 is 0 Å². The summed E-state index contributed by atoms with van der Waals surface area (Å²) in [6, 6.07) is 13.3. The topological polar surface area (TPSA) is 84.4 Å². The predicted molar refractivity (Wildman–Crippen MR) is 122 cm³/mol. The van der Waals surface area contributed by atoms with Crippen LogP contribution in [0.15, 0.2) is 53.7 Å². The number of sulfone groups is 1. The van der Waals surface area contributed by atoms with Crippen LogP contribution in [0.5, 0.6) is 5.75 Å². The van der Waals surface area contributed by atoms with Crippen molar-refractivity contribution < 1.29 is 13.2 Å². The molecule has 0 saturated carbocycles. The summed E-state index contributed by atoms with van der Waals surface area (Å²) in [7, 11) is -1.64. The highest BCUT2D eigenvalue weighted by Crippen LogP contribution is 2.28. The summed E-state index contributed by atoms with van der Waals surface area (Å²) in [5.41, 5.74) is 1.93. The number of aromatic nitrogens is 2. The molecule has 3 aromatic rings. The fraction of sp³-hybridized carbons (Fsp3) is 0.391. The minimum Gasteiger partial charge on any atom is -0.497 e. The van der Waals surface area contributed by atoms with E-state index < -0.39 is 9.84 Å². The fourth-order valence-corrected chi connectivity index (χ4v) is 4.76. The molecule has 0 bridgehead atoms. The highest BCUT2D eigenvalue weighted by Gasteiger charge is 2.23. The molecule has 8 heteroatoms. The van der Waals surface area contributed by atoms with Gasteiger partial charge in [-0.05, 0) is 61.8 Å². The van der Waals surface area contributed by atoms with Crippen molar-refractivity contribution in [3.05, 3.63) is 54.4 Å². The van der Waals surface area contributed by atoms with Crippen LogP contribution in [0.2, 0.25) is 0 Å². The van der Waals surface area contributed by atoms with Crippen molar-refractivity contribution in [1.82, 2.24) is 14.9 Å². The summed E-state index contributed by atoms with van der Waals surface area (Å²) in [5.74, 6) is 1.48. The van der Waals surface area contributed by atoms with Crippen molar-refractivity contribution in [3.8, 4) is 5.75 Å². The molecule has 1 aromatic heterocycles. The van der Waals surface area contributed by atoms with Gasteiger partial charge in [-0.25, -0.2) is 18.4 Å². The third-order valence-corrected chi connectivity index (χ3v) is 6.94. The molecule has 4 rings (SSSR count). The van der Waals surface area contributed by atoms with Gasteiger partial charge in [0.1, 0.15) is 17.9 Å². The smallest absolute Gasteiger partial charge is 0.175 e. The number of benzene rings is 2. The Balaban J connectivity index is 1.63. The molecular weight excluding hydrogens is 412 g/mol. The molecule has 0 aliphatic carbocycles. The number of nitrogens with zero attached hydrogens (tertiary/aromatic N) is 3. The normalized spacial score (nSPS) is 16.2. The SMILES string of the molecule is COc1ccc(C(CNc2ncnc3ccc(S(C)(=O)=O)cc23)N2CCCCC2)cc1. The molecule has 0 amide bonds. The summed E-state index contributed by atoms with van der Waals surface area (Å²) in [4.78, 5) is 11.5. The number of fused-ring (bicyclic) bond motifs is 1. The maximum atomic E-state index is 12.0. The van der Waals surface area contributed by atoms with Gasteiger partial charge in [0.25, 0.3) is 0 Å². The number of rotatable bonds is 7. The van der Waals surface area contributed by atoms with Crippen LogP contribution in [0.1, 0.15) is 30.9 Å². The molecule has 0 spiro atoms. The number of anilines is 1. The van der Waals surface area contributed by atoms with E-state index in [1.165, 1.54) is 37.4 Å². The first-order valence-corrected chi connectivity index (χ1v) is 12.4. The number of likely N-dealkylation sites (tertiary alicyclic amines) is 1. The Morgan fingerprint density at radius 1 is 1.06 bits per heavy atom. The summed E-state index contributed by atoms with van der Waals surface area (Å²) in [6.45, 7) is 2.77. The molecule has 31 heavy (non-hydrogen) atoms. The molecule has 1 saturated heterocycles. The van der Waals surface area contributed by atoms with Crippen LogP contribution in [0.3, 0.4) is 0 Å². The number of methoxy groups -OCH3 is 1. The Bertz CT molecular complexity index is 1140. The molecule has 1 fully saturated rings. The Morgan fingerprint density at radius 3 is 2.48 bits per heavy atom. The Labute approximate surface area is 183 Å². The second kappa shape index (κ2) is 9.20. The second-order valence-corrected chi connectivity index (χ2v) is 9.96. The zero-order chi connectivity index (χ0) is 21.8. The fourth-order valence-electron chi connectivity index (χ4n) is 4.11. The highest BCUT2D eigenvalue weighted by atomic mass is 32.2. The first-order chi connectivity index (χ1) is 15.0. The van der Waals surface area contributed by atoms with E-state index in [4.69, 9.17) is 4.74 Å². The van der Waals surface area contributed by atoms with Gasteiger partial charge in [-0.3, -0.25) is 4.90 Å². The molecule has 164 valence electrons. The first kappa shape index (κ1) is 21.5. The predicted octanol–water partition coefficient (Wildman–Crippen LogP) is 3.68. The van der Waals surface area contributed by atoms with E-state index in [1.54, 1.807) is 25.3 Å². The lowest BCUT2D eigenvalue weighted by molar-refractivity contribution is 0.170. The molecule has 1 unspecified atom stereocenters. The number of piperidine rings is 1. The highest BCUT2D eigenvalue weighted by molar-refractivity contribution is 7.90. The Kier molecular flexibility index (Phi) is 6.38. The van der Waals surface area contributed by atoms with Gasteiger partial charge < -0.3 is 10.1 Å². The van der Waals surface area contributed by atoms with Gasteiger partial charge >= 0.3 is 0 Å². The number of hydrogen-bond donors (Lipinski definition) is 1. The molecule has 1 atom stereocenters. The van der Waals surface area contributed by atoms with Crippen molar-refractivity contribution in [1.29, 1.82) is 0 Å². The van der Waals surface area contributed by atoms with Gasteiger partial charge in [0.2, 0.25) is 0 Å². The molecular formula is C23H28N4O3S. The van der Waals surface area contributed by atoms with Crippen LogP contribution in [-0.4, -0.2) is 56.3 Å². The summed E-state index contributed by atoms with van der Waals surface area (Å²) in [5, 5.41) is 4.18. The van der Waals surface area contributed by atoms with Gasteiger partial charge in [0.15, 0.2) is 9.84 Å². The minimum absolute atomic E-state index is 0.175. The van der Waals surface area contributed by atoms with Crippen molar-refractivity contribution in [3.63, 3.8) is 0 Å². The lowest BCUT2D eigenvalue weighted by Gasteiger charge is -2.35. The molecule has 2 heterocycles. The van der Waals surface area contributed by atoms with E-state index in [0.717, 1.165) is 18.8 Å². The number of hydrogen-bond acceptors (Lipinski definition) is 7. The van der Waals surface area contributed by atoms with Crippen LogP contribution in [0, 0.1) is 0 Å². The van der Waals surface area contributed by atoms with Crippen LogP contribution in [-0.2, 0) is 9.84 Å². The molecule has 1 aliphatic rings. The second-order valence-electron chi connectivity index (χ2n) is 7.94. The van der Waals surface area contributed by atoms with E-state index in [0.29, 0.717) is 23.3 Å². The summed E-state index contributed by atoms with van der Waals surface area (Å²) < 4.78 is 29.4. The van der Waals surface area contributed by atoms with E-state index in [-0.39, 0.29) is 10.9 Å². The van der Waals surface area contributed by atoms with Crippen LogP contribution < -0.4 is 10.1 Å². The monoisotopic (exact) mass is 440 g/mol.